The highest BCUT2D eigenvalue weighted by atomic mass is 16.5. The lowest BCUT2D eigenvalue weighted by Crippen LogP contribution is -2.49. The summed E-state index contributed by atoms with van der Waals surface area (Å²) in [5, 5.41) is 11.1. The Morgan fingerprint density at radius 1 is 1.15 bits per heavy atom. The first-order valence-electron chi connectivity index (χ1n) is 10.2. The predicted octanol–water partition coefficient (Wildman–Crippen LogP) is 3.59. The zero-order valence-corrected chi connectivity index (χ0v) is 17.0. The van der Waals surface area contributed by atoms with Crippen LogP contribution < -0.4 is 10.6 Å². The lowest BCUT2D eigenvalue weighted by Gasteiger charge is -2.37. The van der Waals surface area contributed by atoms with Crippen molar-refractivity contribution >= 4 is 5.96 Å². The van der Waals surface area contributed by atoms with Crippen LogP contribution in [0.1, 0.15) is 76.3 Å². The van der Waals surface area contributed by atoms with Crippen molar-refractivity contribution in [3.63, 3.8) is 0 Å². The zero-order chi connectivity index (χ0) is 18.8. The summed E-state index contributed by atoms with van der Waals surface area (Å²) in [4.78, 5) is 4.38. The van der Waals surface area contributed by atoms with Crippen LogP contribution in [0.2, 0.25) is 0 Å². The summed E-state index contributed by atoms with van der Waals surface area (Å²) in [6.45, 7) is 8.67. The molecule has 0 atom stereocenters. The number of ether oxygens (including phenoxy) is 1. The van der Waals surface area contributed by atoms with Gasteiger partial charge in [-0.2, -0.15) is 0 Å². The normalized spacial score (nSPS) is 17.3. The molecule has 1 saturated carbocycles. The van der Waals surface area contributed by atoms with Crippen molar-refractivity contribution in [2.24, 2.45) is 4.99 Å². The van der Waals surface area contributed by atoms with Crippen LogP contribution in [-0.4, -0.2) is 36.9 Å². The van der Waals surface area contributed by atoms with Gasteiger partial charge in [-0.1, -0.05) is 45.2 Å². The minimum absolute atomic E-state index is 0.0494. The van der Waals surface area contributed by atoms with E-state index in [9.17, 15) is 0 Å². The Labute approximate surface area is 158 Å². The topological polar surface area (TPSA) is 71.7 Å². The van der Waals surface area contributed by atoms with Gasteiger partial charge < -0.3 is 19.9 Å². The van der Waals surface area contributed by atoms with Gasteiger partial charge in [0.05, 0.1) is 11.3 Å². The number of hydrogen-bond donors (Lipinski definition) is 2. The van der Waals surface area contributed by atoms with Crippen LogP contribution in [0.15, 0.2) is 9.52 Å². The van der Waals surface area contributed by atoms with Gasteiger partial charge in [-0.15, -0.1) is 0 Å². The van der Waals surface area contributed by atoms with Gasteiger partial charge in [0.15, 0.2) is 5.96 Å². The number of aliphatic imine (C=N–C) groups is 1. The highest BCUT2D eigenvalue weighted by molar-refractivity contribution is 5.79. The summed E-state index contributed by atoms with van der Waals surface area (Å²) in [5.41, 5.74) is 2.14. The van der Waals surface area contributed by atoms with Crippen LogP contribution in [0.3, 0.4) is 0 Å². The first kappa shape index (κ1) is 20.7. The van der Waals surface area contributed by atoms with E-state index in [1.54, 1.807) is 0 Å². The van der Waals surface area contributed by atoms with Gasteiger partial charge in [0, 0.05) is 38.7 Å². The number of nitrogens with zero attached hydrogens (tertiary/aromatic N) is 2. The van der Waals surface area contributed by atoms with Crippen molar-refractivity contribution < 1.29 is 9.26 Å². The van der Waals surface area contributed by atoms with Gasteiger partial charge >= 0.3 is 0 Å². The smallest absolute Gasteiger partial charge is 0.191 e. The van der Waals surface area contributed by atoms with Crippen molar-refractivity contribution in [2.45, 2.75) is 84.3 Å². The second-order valence-corrected chi connectivity index (χ2v) is 7.11. The maximum absolute atomic E-state index is 6.27. The fraction of sp³-hybridized carbons (Fsp3) is 0.800. The first-order valence-corrected chi connectivity index (χ1v) is 10.2. The van der Waals surface area contributed by atoms with E-state index in [4.69, 9.17) is 9.26 Å². The van der Waals surface area contributed by atoms with Gasteiger partial charge in [0.25, 0.3) is 0 Å². The number of aryl methyl sites for hydroxylation is 2. The van der Waals surface area contributed by atoms with E-state index in [1.165, 1.54) is 19.3 Å². The van der Waals surface area contributed by atoms with Crippen molar-refractivity contribution in [3.05, 3.63) is 17.0 Å². The first-order chi connectivity index (χ1) is 12.7. The van der Waals surface area contributed by atoms with E-state index in [0.29, 0.717) is 6.54 Å². The average molecular weight is 365 g/mol. The molecule has 6 nitrogen and oxygen atoms in total. The van der Waals surface area contributed by atoms with Gasteiger partial charge in [-0.05, 0) is 25.7 Å². The molecule has 0 bridgehead atoms. The van der Waals surface area contributed by atoms with Crippen molar-refractivity contribution in [1.29, 1.82) is 0 Å². The van der Waals surface area contributed by atoms with E-state index in [1.807, 2.05) is 7.05 Å². The third kappa shape index (κ3) is 5.47. The molecule has 1 fully saturated rings. The van der Waals surface area contributed by atoms with Gasteiger partial charge in [-0.25, -0.2) is 0 Å². The molecule has 0 amide bonds. The van der Waals surface area contributed by atoms with Crippen LogP contribution in [0.4, 0.5) is 0 Å². The Morgan fingerprint density at radius 2 is 1.92 bits per heavy atom. The van der Waals surface area contributed by atoms with Crippen LogP contribution in [0.25, 0.3) is 0 Å². The molecule has 1 aromatic heterocycles. The average Bonchev–Trinajstić information content (AvgIpc) is 3.09. The van der Waals surface area contributed by atoms with Crippen molar-refractivity contribution in [2.75, 3.05) is 20.2 Å². The number of guanidine groups is 1. The molecule has 1 aliphatic carbocycles. The lowest BCUT2D eigenvalue weighted by atomic mass is 9.84. The highest BCUT2D eigenvalue weighted by Gasteiger charge is 2.33. The molecule has 2 rings (SSSR count). The summed E-state index contributed by atoms with van der Waals surface area (Å²) in [6, 6.07) is 0. The van der Waals surface area contributed by atoms with Crippen LogP contribution in [0, 0.1) is 0 Å². The minimum Gasteiger partial charge on any atom is -0.373 e. The van der Waals surface area contributed by atoms with Gasteiger partial charge in [0.2, 0.25) is 0 Å². The quantitative estimate of drug-likeness (QED) is 0.517. The molecule has 26 heavy (non-hydrogen) atoms. The number of nitrogens with one attached hydrogen (secondary N) is 2. The van der Waals surface area contributed by atoms with Crippen molar-refractivity contribution in [1.82, 2.24) is 15.8 Å². The molecule has 0 aliphatic heterocycles. The number of aromatic nitrogens is 1. The molecule has 6 heteroatoms. The standard InChI is InChI=1S/C20H36N4O2/c1-5-13-25-20(11-9-8-10-12-20)15-23-19(21-4)22-14-16-17(6-2)24-26-18(16)7-3/h5-15H2,1-4H3,(H2,21,22,23). The fourth-order valence-corrected chi connectivity index (χ4v) is 3.66. The van der Waals surface area contributed by atoms with Crippen LogP contribution in [-0.2, 0) is 24.1 Å². The molecule has 1 aromatic rings. The Balaban J connectivity index is 1.93. The Morgan fingerprint density at radius 3 is 2.54 bits per heavy atom. The maximum atomic E-state index is 6.27. The SMILES string of the molecule is CCCOC1(CNC(=NC)NCc2c(CC)noc2CC)CCCCC1. The summed E-state index contributed by atoms with van der Waals surface area (Å²) in [7, 11) is 1.81. The van der Waals surface area contributed by atoms with E-state index < -0.39 is 0 Å². The molecule has 1 aliphatic rings. The fourth-order valence-electron chi connectivity index (χ4n) is 3.66. The van der Waals surface area contributed by atoms with E-state index in [2.05, 4.69) is 41.6 Å². The van der Waals surface area contributed by atoms with Crippen molar-refractivity contribution in [3.8, 4) is 0 Å². The second kappa shape index (κ2) is 10.6. The summed E-state index contributed by atoms with van der Waals surface area (Å²) >= 11 is 0. The molecule has 2 N–H and O–H groups in total. The molecule has 0 saturated heterocycles. The van der Waals surface area contributed by atoms with Gasteiger partial charge in [0.1, 0.15) is 5.76 Å². The maximum Gasteiger partial charge on any atom is 0.191 e. The number of rotatable bonds is 9. The molecule has 0 aromatic carbocycles. The molecule has 1 heterocycles. The molecule has 0 unspecified atom stereocenters. The Bertz CT molecular complexity index is 541. The summed E-state index contributed by atoms with van der Waals surface area (Å²) in [6.07, 6.45) is 8.85. The molecule has 0 radical (unpaired) electrons. The Hall–Kier alpha value is -1.56. The number of hydrogen-bond acceptors (Lipinski definition) is 4. The third-order valence-electron chi connectivity index (χ3n) is 5.22. The third-order valence-corrected chi connectivity index (χ3v) is 5.22. The van der Waals surface area contributed by atoms with E-state index in [-0.39, 0.29) is 5.60 Å². The van der Waals surface area contributed by atoms with Gasteiger partial charge in [-0.3, -0.25) is 4.99 Å². The second-order valence-electron chi connectivity index (χ2n) is 7.11. The zero-order valence-electron chi connectivity index (χ0n) is 17.0. The molecular formula is C20H36N4O2. The summed E-state index contributed by atoms with van der Waals surface area (Å²) < 4.78 is 11.7. The van der Waals surface area contributed by atoms with Crippen LogP contribution >= 0.6 is 0 Å². The monoisotopic (exact) mass is 364 g/mol. The van der Waals surface area contributed by atoms with Crippen LogP contribution in [0.5, 0.6) is 0 Å². The predicted molar refractivity (Wildman–Crippen MR) is 106 cm³/mol. The molecule has 148 valence electrons. The molecule has 0 spiro atoms. The lowest BCUT2D eigenvalue weighted by molar-refractivity contribution is -0.0657. The summed E-state index contributed by atoms with van der Waals surface area (Å²) in [5.74, 6) is 1.76. The van der Waals surface area contributed by atoms with E-state index in [0.717, 1.165) is 68.2 Å². The largest absolute Gasteiger partial charge is 0.373 e. The minimum atomic E-state index is -0.0494. The molecular weight excluding hydrogens is 328 g/mol. The highest BCUT2D eigenvalue weighted by Crippen LogP contribution is 2.31. The van der Waals surface area contributed by atoms with E-state index >= 15 is 0 Å². The Kier molecular flexibility index (Phi) is 8.42.